The molecule has 0 heterocycles. The highest BCUT2D eigenvalue weighted by molar-refractivity contribution is 5.82. The maximum atomic E-state index is 5.35. The van der Waals surface area contributed by atoms with Crippen LogP contribution in [-0.2, 0) is 0 Å². The van der Waals surface area contributed by atoms with E-state index in [1.165, 1.54) is 6.34 Å². The minimum Gasteiger partial charge on any atom is -0.388 e. The number of rotatable bonds is 9. The van der Waals surface area contributed by atoms with E-state index in [9.17, 15) is 0 Å². The quantitative estimate of drug-likeness (QED) is 0.267. The third-order valence-corrected chi connectivity index (χ3v) is 4.48. The first-order chi connectivity index (χ1) is 14.2. The van der Waals surface area contributed by atoms with Crippen molar-refractivity contribution < 1.29 is 0 Å². The Morgan fingerprint density at radius 3 is 2.38 bits per heavy atom. The van der Waals surface area contributed by atoms with Crippen LogP contribution in [0.4, 0.5) is 17.1 Å². The van der Waals surface area contributed by atoms with Crippen LogP contribution >= 0.6 is 0 Å². The lowest BCUT2D eigenvalue weighted by molar-refractivity contribution is 0.360. The summed E-state index contributed by atoms with van der Waals surface area (Å²) < 4.78 is 0. The van der Waals surface area contributed by atoms with Gasteiger partial charge in [-0.2, -0.15) is 5.10 Å². The van der Waals surface area contributed by atoms with E-state index in [1.54, 1.807) is 5.01 Å². The van der Waals surface area contributed by atoms with Crippen LogP contribution in [0.3, 0.4) is 0 Å². The lowest BCUT2D eigenvalue weighted by Gasteiger charge is -2.18. The lowest BCUT2D eigenvalue weighted by Crippen LogP contribution is -2.16. The molecule has 0 unspecified atom stereocenters. The van der Waals surface area contributed by atoms with E-state index in [2.05, 4.69) is 52.6 Å². The van der Waals surface area contributed by atoms with Gasteiger partial charge < -0.3 is 16.4 Å². The van der Waals surface area contributed by atoms with Gasteiger partial charge >= 0.3 is 0 Å². The Morgan fingerprint density at radius 1 is 1.00 bits per heavy atom. The van der Waals surface area contributed by atoms with Crippen molar-refractivity contribution in [2.45, 2.75) is 6.42 Å². The molecule has 0 spiro atoms. The van der Waals surface area contributed by atoms with E-state index < -0.39 is 0 Å². The number of benzene rings is 3. The molecule has 29 heavy (non-hydrogen) atoms. The van der Waals surface area contributed by atoms with Gasteiger partial charge in [0, 0.05) is 48.3 Å². The first kappa shape index (κ1) is 20.0. The first-order valence-electron chi connectivity index (χ1n) is 9.57. The largest absolute Gasteiger partial charge is 0.388 e. The van der Waals surface area contributed by atoms with Crippen molar-refractivity contribution >= 4 is 23.4 Å². The smallest absolute Gasteiger partial charge is 0.106 e. The van der Waals surface area contributed by atoms with Crippen molar-refractivity contribution in [3.8, 4) is 11.1 Å². The Morgan fingerprint density at radius 2 is 1.69 bits per heavy atom. The Kier molecular flexibility index (Phi) is 6.90. The van der Waals surface area contributed by atoms with Gasteiger partial charge in [0.2, 0.25) is 0 Å². The molecule has 3 aromatic rings. The zero-order valence-corrected chi connectivity index (χ0v) is 16.7. The van der Waals surface area contributed by atoms with Crippen molar-refractivity contribution in [2.24, 2.45) is 10.8 Å². The minimum atomic E-state index is 0.724. The standard InChI is InChI=1S/C24H27N5/c1-19(15-16-29(2)26-18-25)27-24-17-22(28-21-11-7-4-8-12-21)13-14-23(24)20-9-5-3-6-10-20/h3-14,17-18,27-28H,1,15-16H2,2H3,(H2,25,26). The summed E-state index contributed by atoms with van der Waals surface area (Å²) in [7, 11) is 1.89. The fourth-order valence-corrected chi connectivity index (χ4v) is 3.00. The second kappa shape index (κ2) is 9.99. The maximum absolute atomic E-state index is 5.35. The Bertz CT molecular complexity index is 952. The van der Waals surface area contributed by atoms with Crippen LogP contribution in [0.2, 0.25) is 0 Å². The molecular formula is C24H27N5. The summed E-state index contributed by atoms with van der Waals surface area (Å²) in [6, 6.07) is 26.8. The molecule has 0 aliphatic rings. The topological polar surface area (TPSA) is 65.7 Å². The van der Waals surface area contributed by atoms with Gasteiger partial charge in [0.15, 0.2) is 0 Å². The predicted octanol–water partition coefficient (Wildman–Crippen LogP) is 5.25. The van der Waals surface area contributed by atoms with Crippen LogP contribution in [0.15, 0.2) is 96.2 Å². The molecule has 0 bridgehead atoms. The number of hydrogen-bond donors (Lipinski definition) is 3. The van der Waals surface area contributed by atoms with Crippen molar-refractivity contribution in [1.82, 2.24) is 5.01 Å². The average Bonchev–Trinajstić information content (AvgIpc) is 2.74. The van der Waals surface area contributed by atoms with Crippen LogP contribution in [0.1, 0.15) is 6.42 Å². The second-order valence-electron chi connectivity index (χ2n) is 6.74. The molecule has 148 valence electrons. The van der Waals surface area contributed by atoms with E-state index in [0.717, 1.165) is 46.9 Å². The highest BCUT2D eigenvalue weighted by Gasteiger charge is 2.08. The zero-order chi connectivity index (χ0) is 20.5. The third kappa shape index (κ3) is 5.87. The van der Waals surface area contributed by atoms with E-state index in [-0.39, 0.29) is 0 Å². The van der Waals surface area contributed by atoms with Gasteiger partial charge in [-0.15, -0.1) is 0 Å². The van der Waals surface area contributed by atoms with E-state index in [0.29, 0.717) is 0 Å². The normalized spacial score (nSPS) is 10.7. The fourth-order valence-electron chi connectivity index (χ4n) is 3.00. The van der Waals surface area contributed by atoms with Crippen LogP contribution in [0, 0.1) is 0 Å². The molecule has 3 rings (SSSR count). The van der Waals surface area contributed by atoms with E-state index in [1.807, 2.05) is 55.6 Å². The molecule has 0 radical (unpaired) electrons. The summed E-state index contributed by atoms with van der Waals surface area (Å²) in [5.74, 6) is 0. The van der Waals surface area contributed by atoms with Crippen molar-refractivity contribution in [1.29, 1.82) is 0 Å². The molecule has 0 aliphatic heterocycles. The maximum Gasteiger partial charge on any atom is 0.106 e. The summed E-state index contributed by atoms with van der Waals surface area (Å²) in [5, 5.41) is 12.8. The summed E-state index contributed by atoms with van der Waals surface area (Å²) in [6.07, 6.45) is 2.04. The molecule has 0 saturated heterocycles. The number of nitrogens with two attached hydrogens (primary N) is 1. The van der Waals surface area contributed by atoms with Gasteiger partial charge in [-0.3, -0.25) is 5.01 Å². The summed E-state index contributed by atoms with van der Waals surface area (Å²) >= 11 is 0. The molecule has 5 nitrogen and oxygen atoms in total. The number of nitrogens with one attached hydrogen (secondary N) is 2. The number of para-hydroxylation sites is 1. The molecule has 0 atom stereocenters. The van der Waals surface area contributed by atoms with Crippen molar-refractivity contribution in [3.05, 3.63) is 91.1 Å². The summed E-state index contributed by atoms with van der Waals surface area (Å²) in [5.41, 5.74) is 11.6. The molecule has 0 fully saturated rings. The molecule has 0 amide bonds. The average molecular weight is 386 g/mol. The van der Waals surface area contributed by atoms with Crippen LogP contribution in [0.5, 0.6) is 0 Å². The number of hydrogen-bond acceptors (Lipinski definition) is 4. The van der Waals surface area contributed by atoms with Crippen LogP contribution < -0.4 is 16.4 Å². The van der Waals surface area contributed by atoms with Crippen molar-refractivity contribution in [3.63, 3.8) is 0 Å². The molecule has 0 aliphatic carbocycles. The Hall–Kier alpha value is -3.73. The lowest BCUT2D eigenvalue weighted by atomic mass is 10.0. The molecule has 5 heteroatoms. The van der Waals surface area contributed by atoms with Gasteiger partial charge in [0.25, 0.3) is 0 Å². The molecule has 0 aromatic heterocycles. The third-order valence-electron chi connectivity index (χ3n) is 4.48. The molecular weight excluding hydrogens is 358 g/mol. The Labute approximate surface area is 172 Å². The summed E-state index contributed by atoms with van der Waals surface area (Å²) in [4.78, 5) is 0. The molecule has 3 aromatic carbocycles. The SMILES string of the molecule is C=C(CCN(C)/N=C/N)Nc1cc(Nc2ccccc2)ccc1-c1ccccc1. The van der Waals surface area contributed by atoms with Crippen LogP contribution in [0.25, 0.3) is 11.1 Å². The molecule has 4 N–H and O–H groups in total. The fraction of sp³-hybridized carbons (Fsp3) is 0.125. The highest BCUT2D eigenvalue weighted by Crippen LogP contribution is 2.32. The second-order valence-corrected chi connectivity index (χ2v) is 6.74. The summed E-state index contributed by atoms with van der Waals surface area (Å²) in [6.45, 7) is 4.91. The predicted molar refractivity (Wildman–Crippen MR) is 124 cm³/mol. The van der Waals surface area contributed by atoms with E-state index >= 15 is 0 Å². The number of hydrazone groups is 1. The number of nitrogens with zero attached hydrogens (tertiary/aromatic N) is 2. The van der Waals surface area contributed by atoms with Crippen LogP contribution in [-0.4, -0.2) is 24.9 Å². The van der Waals surface area contributed by atoms with Crippen molar-refractivity contribution in [2.75, 3.05) is 24.2 Å². The Balaban J connectivity index is 1.82. The van der Waals surface area contributed by atoms with Gasteiger partial charge in [-0.25, -0.2) is 0 Å². The van der Waals surface area contributed by atoms with Gasteiger partial charge in [0.05, 0.1) is 0 Å². The highest BCUT2D eigenvalue weighted by atomic mass is 15.4. The zero-order valence-electron chi connectivity index (χ0n) is 16.7. The molecule has 0 saturated carbocycles. The number of anilines is 3. The van der Waals surface area contributed by atoms with Gasteiger partial charge in [-0.1, -0.05) is 61.2 Å². The van der Waals surface area contributed by atoms with E-state index in [4.69, 9.17) is 5.73 Å². The monoisotopic (exact) mass is 385 g/mol. The van der Waals surface area contributed by atoms with Gasteiger partial charge in [-0.05, 0) is 29.8 Å². The first-order valence-corrected chi connectivity index (χ1v) is 9.57. The van der Waals surface area contributed by atoms with Gasteiger partial charge in [0.1, 0.15) is 6.34 Å². The minimum absolute atomic E-state index is 0.724.